The first-order valence-corrected chi connectivity index (χ1v) is 8.95. The van der Waals surface area contributed by atoms with E-state index in [0.29, 0.717) is 10.6 Å². The largest absolute Gasteiger partial charge is 0.506 e. The van der Waals surface area contributed by atoms with Crippen molar-refractivity contribution in [3.05, 3.63) is 100 Å². The zero-order valence-corrected chi connectivity index (χ0v) is 15.2. The Hall–Kier alpha value is -2.46. The summed E-state index contributed by atoms with van der Waals surface area (Å²) in [6.07, 6.45) is 2.06. The Morgan fingerprint density at radius 1 is 0.885 bits per heavy atom. The van der Waals surface area contributed by atoms with Gasteiger partial charge in [0.1, 0.15) is 5.75 Å². The molecule has 5 heteroatoms. The number of hydrogen-bond donors (Lipinski definition) is 2. The predicted octanol–water partition coefficient (Wildman–Crippen LogP) is 5.81. The van der Waals surface area contributed by atoms with Crippen LogP contribution in [-0.2, 0) is 0 Å². The molecule has 0 saturated heterocycles. The Kier molecular flexibility index (Phi) is 4.60. The molecule has 0 spiro atoms. The van der Waals surface area contributed by atoms with Crippen LogP contribution in [0.5, 0.6) is 5.75 Å². The molecule has 0 bridgehead atoms. The third kappa shape index (κ3) is 3.17. The van der Waals surface area contributed by atoms with Crippen LogP contribution in [0.1, 0.15) is 17.2 Å². The van der Waals surface area contributed by atoms with Gasteiger partial charge in [0.05, 0.1) is 22.4 Å². The molecule has 26 heavy (non-hydrogen) atoms. The summed E-state index contributed by atoms with van der Waals surface area (Å²) in [5, 5.41) is 13.1. The highest BCUT2D eigenvalue weighted by Crippen LogP contribution is 2.40. The summed E-state index contributed by atoms with van der Waals surface area (Å²) >= 11 is 12.3. The predicted molar refractivity (Wildman–Crippen MR) is 107 cm³/mol. The van der Waals surface area contributed by atoms with Gasteiger partial charge >= 0.3 is 0 Å². The zero-order chi connectivity index (χ0) is 18.1. The molecular weight excluding hydrogens is 367 g/mol. The van der Waals surface area contributed by atoms with Gasteiger partial charge in [-0.15, -0.1) is 0 Å². The lowest BCUT2D eigenvalue weighted by molar-refractivity contribution is 0.461. The van der Waals surface area contributed by atoms with Crippen LogP contribution in [0.15, 0.2) is 78.9 Å². The molecule has 3 nitrogen and oxygen atoms in total. The van der Waals surface area contributed by atoms with Crippen LogP contribution < -0.4 is 10.4 Å². The maximum Gasteiger partial charge on any atom is 0.139 e. The molecule has 3 aromatic rings. The first kappa shape index (κ1) is 17.0. The first-order valence-electron chi connectivity index (χ1n) is 8.20. The summed E-state index contributed by atoms with van der Waals surface area (Å²) < 4.78 is 0. The minimum absolute atomic E-state index is 0.0344. The number of nitrogens with zero attached hydrogens (tertiary/aromatic N) is 1. The maximum absolute atomic E-state index is 10.4. The highest BCUT2D eigenvalue weighted by Gasteiger charge is 2.28. The van der Waals surface area contributed by atoms with Gasteiger partial charge in [-0.1, -0.05) is 71.7 Å². The number of para-hydroxylation sites is 1. The smallest absolute Gasteiger partial charge is 0.139 e. The van der Waals surface area contributed by atoms with Gasteiger partial charge < -0.3 is 5.11 Å². The van der Waals surface area contributed by atoms with Gasteiger partial charge in [-0.05, 0) is 35.9 Å². The lowest BCUT2D eigenvalue weighted by Crippen LogP contribution is -2.33. The van der Waals surface area contributed by atoms with Gasteiger partial charge in [-0.2, -0.15) is 0 Å². The van der Waals surface area contributed by atoms with Crippen LogP contribution in [0.2, 0.25) is 10.0 Å². The molecule has 0 fully saturated rings. The molecule has 130 valence electrons. The second-order valence-corrected chi connectivity index (χ2v) is 6.86. The first-order chi connectivity index (χ1) is 12.6. The Morgan fingerprint density at radius 2 is 1.54 bits per heavy atom. The van der Waals surface area contributed by atoms with Gasteiger partial charge in [0.15, 0.2) is 0 Å². The van der Waals surface area contributed by atoms with Crippen LogP contribution in [0, 0.1) is 0 Å². The van der Waals surface area contributed by atoms with E-state index in [9.17, 15) is 5.11 Å². The number of phenols is 1. The van der Waals surface area contributed by atoms with Crippen molar-refractivity contribution in [2.45, 2.75) is 6.04 Å². The Morgan fingerprint density at radius 3 is 2.23 bits per heavy atom. The van der Waals surface area contributed by atoms with Crippen LogP contribution in [0.25, 0.3) is 5.70 Å². The van der Waals surface area contributed by atoms with Crippen molar-refractivity contribution >= 4 is 34.6 Å². The summed E-state index contributed by atoms with van der Waals surface area (Å²) in [4.78, 5) is 0. The molecule has 1 aliphatic rings. The van der Waals surface area contributed by atoms with Crippen molar-refractivity contribution < 1.29 is 5.11 Å². The summed E-state index contributed by atoms with van der Waals surface area (Å²) in [6.45, 7) is 0. The summed E-state index contributed by atoms with van der Waals surface area (Å²) in [5.41, 5.74) is 7.13. The molecule has 1 aliphatic heterocycles. The lowest BCUT2D eigenvalue weighted by Gasteiger charge is -2.24. The van der Waals surface area contributed by atoms with Crippen LogP contribution >= 0.6 is 23.2 Å². The van der Waals surface area contributed by atoms with E-state index in [1.165, 1.54) is 6.07 Å². The standard InChI is InChI=1S/C21H16Cl2N2O/c22-15-11-17(21(26)18(23)12-15)19-13-20(14-7-3-1-4-8-14)25(24-19)16-9-5-2-6-10-16/h1-13,19,24,26H. The Balaban J connectivity index is 1.81. The molecule has 2 N–H and O–H groups in total. The minimum Gasteiger partial charge on any atom is -0.506 e. The summed E-state index contributed by atoms with van der Waals surface area (Å²) in [6, 6.07) is 23.1. The molecule has 3 aromatic carbocycles. The summed E-state index contributed by atoms with van der Waals surface area (Å²) in [5.74, 6) is 0.0344. The van der Waals surface area contributed by atoms with Gasteiger partial charge in [-0.25, -0.2) is 5.43 Å². The maximum atomic E-state index is 10.4. The van der Waals surface area contributed by atoms with E-state index in [0.717, 1.165) is 16.9 Å². The molecule has 0 amide bonds. The van der Waals surface area contributed by atoms with E-state index in [1.807, 2.05) is 53.5 Å². The van der Waals surface area contributed by atoms with Crippen LogP contribution in [-0.4, -0.2) is 5.11 Å². The molecule has 4 rings (SSSR count). The number of benzene rings is 3. The normalized spacial score (nSPS) is 16.6. The molecular formula is C21H16Cl2N2O. The van der Waals surface area contributed by atoms with E-state index in [2.05, 4.69) is 23.6 Å². The Bertz CT molecular complexity index is 959. The van der Waals surface area contributed by atoms with Gasteiger partial charge in [-0.3, -0.25) is 5.01 Å². The topological polar surface area (TPSA) is 35.5 Å². The zero-order valence-electron chi connectivity index (χ0n) is 13.7. The number of phenolic OH excluding ortho intramolecular Hbond substituents is 1. The summed E-state index contributed by atoms with van der Waals surface area (Å²) in [7, 11) is 0. The van der Waals surface area contributed by atoms with Crippen LogP contribution in [0.4, 0.5) is 5.69 Å². The molecule has 1 atom stereocenters. The van der Waals surface area contributed by atoms with E-state index >= 15 is 0 Å². The number of halogens is 2. The highest BCUT2D eigenvalue weighted by atomic mass is 35.5. The van der Waals surface area contributed by atoms with Gasteiger partial charge in [0.25, 0.3) is 0 Å². The van der Waals surface area contributed by atoms with Crippen molar-refractivity contribution in [3.63, 3.8) is 0 Å². The lowest BCUT2D eigenvalue weighted by atomic mass is 10.0. The van der Waals surface area contributed by atoms with Crippen molar-refractivity contribution in [1.82, 2.24) is 5.43 Å². The third-order valence-electron chi connectivity index (χ3n) is 4.31. The monoisotopic (exact) mass is 382 g/mol. The number of rotatable bonds is 3. The molecule has 0 aromatic heterocycles. The van der Waals surface area contributed by atoms with E-state index < -0.39 is 0 Å². The van der Waals surface area contributed by atoms with E-state index in [1.54, 1.807) is 6.07 Å². The third-order valence-corrected chi connectivity index (χ3v) is 4.82. The van der Waals surface area contributed by atoms with E-state index in [4.69, 9.17) is 23.2 Å². The molecule has 1 unspecified atom stereocenters. The minimum atomic E-state index is -0.262. The van der Waals surface area contributed by atoms with Crippen molar-refractivity contribution in [3.8, 4) is 5.75 Å². The number of hydrazine groups is 1. The van der Waals surface area contributed by atoms with Crippen molar-refractivity contribution in [2.75, 3.05) is 5.01 Å². The average molecular weight is 383 g/mol. The molecule has 0 saturated carbocycles. The Labute approximate surface area is 162 Å². The molecule has 0 aliphatic carbocycles. The number of anilines is 1. The van der Waals surface area contributed by atoms with Gasteiger partial charge in [0.2, 0.25) is 0 Å². The molecule has 1 heterocycles. The number of hydrogen-bond acceptors (Lipinski definition) is 3. The van der Waals surface area contributed by atoms with E-state index in [-0.39, 0.29) is 16.8 Å². The van der Waals surface area contributed by atoms with Gasteiger partial charge in [0, 0.05) is 10.6 Å². The SMILES string of the molecule is Oc1c(Cl)cc(Cl)cc1C1C=C(c2ccccc2)N(c2ccccc2)N1. The average Bonchev–Trinajstić information content (AvgIpc) is 3.11. The fourth-order valence-corrected chi connectivity index (χ4v) is 3.59. The highest BCUT2D eigenvalue weighted by molar-refractivity contribution is 6.35. The van der Waals surface area contributed by atoms with Crippen molar-refractivity contribution in [1.29, 1.82) is 0 Å². The second-order valence-electron chi connectivity index (χ2n) is 6.02. The fraction of sp³-hybridized carbons (Fsp3) is 0.0476. The molecule has 0 radical (unpaired) electrons. The fourth-order valence-electron chi connectivity index (χ4n) is 3.09. The quantitative estimate of drug-likeness (QED) is 0.600. The van der Waals surface area contributed by atoms with Crippen LogP contribution in [0.3, 0.4) is 0 Å². The number of aromatic hydroxyl groups is 1. The number of nitrogens with one attached hydrogen (secondary N) is 1. The van der Waals surface area contributed by atoms with Crippen molar-refractivity contribution in [2.24, 2.45) is 0 Å². The second kappa shape index (κ2) is 7.04.